The van der Waals surface area contributed by atoms with Gasteiger partial charge in [-0.3, -0.25) is 97.1 Å². The quantitative estimate of drug-likeness (QED) is 0.00731. The number of hydrogen-bond donors (Lipinski definition) is 31. The molecule has 47 nitrogen and oxygen atoms in total. The number of benzene rings is 4. The zero-order valence-corrected chi connectivity index (χ0v) is 76.1. The number of aromatic nitrogens is 2. The van der Waals surface area contributed by atoms with Gasteiger partial charge in [0.05, 0.1) is 25.8 Å². The van der Waals surface area contributed by atoms with Crippen LogP contribution < -0.4 is 108 Å². The number of nitrogens with one attached hydrogen (secondary N) is 21. The molecule has 2 aromatic heterocycles. The molecule has 16 amide bonds. The van der Waals surface area contributed by atoms with Gasteiger partial charge in [0.15, 0.2) is 11.9 Å². The third-order valence-corrected chi connectivity index (χ3v) is 21.6. The van der Waals surface area contributed by atoms with Crippen molar-refractivity contribution in [3.8, 4) is 5.75 Å². The first-order valence-corrected chi connectivity index (χ1v) is 44.1. The van der Waals surface area contributed by atoms with Crippen molar-refractivity contribution >= 4 is 165 Å². The molecular weight excluding hydrogens is 1800 g/mol. The maximum atomic E-state index is 15.3. The van der Waals surface area contributed by atoms with Crippen molar-refractivity contribution in [2.75, 3.05) is 44.3 Å². The average Bonchev–Trinajstić information content (AvgIpc) is 1.65. The lowest BCUT2D eigenvalue weighted by Gasteiger charge is -2.28. The van der Waals surface area contributed by atoms with Gasteiger partial charge in [-0.2, -0.15) is 25.3 Å². The van der Waals surface area contributed by atoms with Crippen molar-refractivity contribution < 1.29 is 112 Å². The Morgan fingerprint density at radius 1 is 0.385 bits per heavy atom. The first-order valence-electron chi connectivity index (χ1n) is 42.8. The smallest absolute Gasteiger partial charge is 0.303 e. The van der Waals surface area contributed by atoms with Crippen LogP contribution in [0.5, 0.6) is 5.75 Å². The van der Waals surface area contributed by atoms with E-state index in [9.17, 15) is 102 Å². The number of amides is 16. The molecule has 135 heavy (non-hydrogen) atoms. The summed E-state index contributed by atoms with van der Waals surface area (Å²) in [4.78, 5) is 255. The highest BCUT2D eigenvalue weighted by Crippen LogP contribution is 2.23. The number of carbonyl (C=O) groups is 18. The van der Waals surface area contributed by atoms with Gasteiger partial charge in [-0.25, -0.2) is 0 Å². The summed E-state index contributed by atoms with van der Waals surface area (Å²) in [6.45, 7) is 2.94. The van der Waals surface area contributed by atoms with Crippen LogP contribution in [0.3, 0.4) is 0 Å². The van der Waals surface area contributed by atoms with Crippen LogP contribution in [-0.4, -0.2) is 283 Å². The molecule has 732 valence electrons. The number of aliphatic hydroxyl groups excluding tert-OH is 2. The summed E-state index contributed by atoms with van der Waals surface area (Å²) in [5.74, 6) is -22.1. The van der Waals surface area contributed by atoms with Crippen LogP contribution in [0.15, 0.2) is 116 Å². The fourth-order valence-corrected chi connectivity index (χ4v) is 14.3. The lowest BCUT2D eigenvalue weighted by atomic mass is 10.0. The van der Waals surface area contributed by atoms with E-state index in [0.29, 0.717) is 38.5 Å². The van der Waals surface area contributed by atoms with E-state index in [-0.39, 0.29) is 68.9 Å². The van der Waals surface area contributed by atoms with Gasteiger partial charge in [0, 0.05) is 104 Å². The summed E-state index contributed by atoms with van der Waals surface area (Å²) in [6.07, 6.45) is -3.10. The molecule has 4 aromatic carbocycles. The number of carbonyl (C=O) groups excluding carboxylic acids is 16. The zero-order valence-electron chi connectivity index (χ0n) is 74.3. The lowest BCUT2D eigenvalue weighted by molar-refractivity contribution is -0.139. The molecule has 0 aliphatic rings. The minimum absolute atomic E-state index is 0.0355. The van der Waals surface area contributed by atoms with E-state index in [1.54, 1.807) is 92.7 Å². The standard InChI is InChI=1S/C86H118N24O23S2/c1-43(2)70(109-76(125)55(98-45(4)113)20-12-30-92-85(88)89)83(132)97-39-67(116)99-64(41-134)81(130)107-63(40-111)80(129)110-71(44(3)112)84(133)106-62(35-49-37-95-54-19-11-9-17-52(49)54)79(128)102-58(27-29-69(119)120)75(124)108-65(42-135)82(131)104-60(33-47-22-24-50(114)25-23-47)77(126)105-61(34-48-36-94-53-18-10-8-16-51(48)53)78(127)100-56(21-13-31-93-86(90)91)73(122)101-57(26-28-68(117)118)74(123)103-59(72(121)96-38-66(87)115)32-46-14-6-5-7-15-46/h5-11,14-19,22-25,36-37,43-44,55-65,70-71,94-95,111-112,114,134-135H,12-13,20-21,26-35,38-42H2,1-4H3,(H2,87,115)(H,96,121)(H,97,132)(H,98,113)(H,99,116)(H,100,127)(H,101,122)(H,102,128)(H,103,123)(H,104,131)(H,105,126)(H,106,133)(H,107,130)(H,108,124)(H,109,125)(H,110,129)(H,117,118)(H,119,120)(H4,88,89,92)(H4,90,91,93)/t44-,55+,56+,57+,58+,59+,60+,61+,62+,63+,64+,65+,70+,71+/m1/s1. The largest absolute Gasteiger partial charge is 0.508 e. The number of phenolic OH excluding ortho intramolecular Hbond substituents is 1. The van der Waals surface area contributed by atoms with E-state index in [2.05, 4.69) is 126 Å². The summed E-state index contributed by atoms with van der Waals surface area (Å²) >= 11 is 8.50. The molecule has 6 rings (SSSR count). The second-order valence-electron chi connectivity index (χ2n) is 31.8. The highest BCUT2D eigenvalue weighted by molar-refractivity contribution is 7.80. The van der Waals surface area contributed by atoms with Gasteiger partial charge in [0.2, 0.25) is 94.5 Å². The second-order valence-corrected chi connectivity index (χ2v) is 32.6. The van der Waals surface area contributed by atoms with Crippen LogP contribution in [0.4, 0.5) is 0 Å². The number of fused-ring (bicyclic) bond motifs is 2. The van der Waals surface area contributed by atoms with E-state index < -0.39 is 273 Å². The highest BCUT2D eigenvalue weighted by Gasteiger charge is 2.40. The van der Waals surface area contributed by atoms with Crippen molar-refractivity contribution in [3.05, 3.63) is 138 Å². The Hall–Kier alpha value is -14.6. The van der Waals surface area contributed by atoms with Crippen LogP contribution in [0.25, 0.3) is 21.8 Å². The number of hydrogen-bond acceptors (Lipinski definition) is 25. The number of rotatable bonds is 57. The number of H-pyrrole nitrogens is 2. The molecule has 6 aromatic rings. The number of carboxylic acid groups (broad SMARTS) is 2. The number of aromatic hydroxyl groups is 1. The number of aliphatic carboxylic acids is 2. The van der Waals surface area contributed by atoms with Gasteiger partial charge in [-0.15, -0.1) is 0 Å². The SMILES string of the molecule is CC(=O)N[C@@H](CCCNC(=N)N)C(=O)N[C@H](C(=O)NCC(=O)N[C@@H](CS)C(=O)N[C@@H](CO)C(=O)N[C@H](C(=O)N[C@@H](Cc1c[nH]c2ccccc12)C(=O)N[C@@H](CCC(=O)O)C(=O)N[C@@H](CS)C(=O)N[C@@H](Cc1ccc(O)cc1)C(=O)N[C@@H](Cc1c[nH]c2ccccc12)C(=O)N[C@@H](CCCNC(=N)N)C(=O)N[C@@H](CCC(=O)O)C(=O)N[C@@H](Cc1ccccc1)C(=O)NCC(N)=O)[C@@H](C)O)C(C)C. The molecule has 0 aliphatic heterocycles. The minimum Gasteiger partial charge on any atom is -0.508 e. The predicted molar refractivity (Wildman–Crippen MR) is 495 cm³/mol. The molecule has 0 fully saturated rings. The van der Waals surface area contributed by atoms with Crippen LogP contribution in [0.1, 0.15) is 101 Å². The topological polar surface area (TPSA) is 770 Å². The monoisotopic (exact) mass is 1920 g/mol. The Kier molecular flexibility index (Phi) is 44.5. The molecule has 0 aliphatic carbocycles. The normalized spacial score (nSPS) is 14.2. The predicted octanol–water partition coefficient (Wildman–Crippen LogP) is -6.19. The Bertz CT molecular complexity index is 5180. The summed E-state index contributed by atoms with van der Waals surface area (Å²) in [6, 6.07) is 5.25. The third-order valence-electron chi connectivity index (χ3n) is 20.9. The van der Waals surface area contributed by atoms with Crippen molar-refractivity contribution in [2.24, 2.45) is 23.1 Å². The van der Waals surface area contributed by atoms with E-state index in [4.69, 9.17) is 28.0 Å². The molecule has 0 unspecified atom stereocenters. The van der Waals surface area contributed by atoms with Gasteiger partial charge in [0.1, 0.15) is 84.3 Å². The van der Waals surface area contributed by atoms with E-state index >= 15 is 9.59 Å². The van der Waals surface area contributed by atoms with E-state index in [1.807, 2.05) is 0 Å². The molecule has 14 atom stereocenters. The van der Waals surface area contributed by atoms with Crippen LogP contribution in [-0.2, 0) is 112 Å². The fraction of sp³-hybridized carbons (Fsp3) is 0.442. The van der Waals surface area contributed by atoms with E-state index in [1.165, 1.54) is 43.6 Å². The van der Waals surface area contributed by atoms with Crippen molar-refractivity contribution in [2.45, 2.75) is 189 Å². The van der Waals surface area contributed by atoms with Crippen LogP contribution >= 0.6 is 25.3 Å². The Labute approximate surface area is 784 Å². The fourth-order valence-electron chi connectivity index (χ4n) is 13.8. The first kappa shape index (κ1) is 109. The number of para-hydroxylation sites is 2. The Morgan fingerprint density at radius 2 is 0.741 bits per heavy atom. The number of primary amides is 1. The zero-order chi connectivity index (χ0) is 99.7. The second kappa shape index (κ2) is 55.0. The molecule has 0 spiro atoms. The van der Waals surface area contributed by atoms with Crippen LogP contribution in [0, 0.1) is 16.7 Å². The Morgan fingerprint density at radius 3 is 1.17 bits per heavy atom. The van der Waals surface area contributed by atoms with Crippen molar-refractivity contribution in [3.63, 3.8) is 0 Å². The van der Waals surface area contributed by atoms with Crippen LogP contribution in [0.2, 0.25) is 0 Å². The molecule has 32 N–H and O–H groups in total. The number of guanidine groups is 2. The number of thiol groups is 2. The van der Waals surface area contributed by atoms with Gasteiger partial charge in [-0.05, 0) is 97.9 Å². The average molecular weight is 1920 g/mol. The maximum absolute atomic E-state index is 15.3. The third kappa shape index (κ3) is 36.8. The van der Waals surface area contributed by atoms with Gasteiger partial charge in [-0.1, -0.05) is 92.7 Å². The Balaban J connectivity index is 1.24. The summed E-state index contributed by atoms with van der Waals surface area (Å²) in [7, 11) is 0. The molecule has 49 heteroatoms. The first-order chi connectivity index (χ1) is 64.1. The van der Waals surface area contributed by atoms with E-state index in [0.717, 1.165) is 6.92 Å². The molecule has 0 saturated carbocycles. The summed E-state index contributed by atoms with van der Waals surface area (Å²) in [5, 5.41) is 110. The maximum Gasteiger partial charge on any atom is 0.303 e. The molecule has 2 heterocycles. The highest BCUT2D eigenvalue weighted by atomic mass is 32.1. The molecular formula is C86H118N24O23S2. The van der Waals surface area contributed by atoms with Gasteiger partial charge in [0.25, 0.3) is 0 Å². The number of nitrogens with two attached hydrogens (primary N) is 3. The number of aromatic amines is 2. The molecule has 0 saturated heterocycles. The lowest BCUT2D eigenvalue weighted by Crippen LogP contribution is -2.63. The molecule has 0 bridgehead atoms. The van der Waals surface area contributed by atoms with Gasteiger partial charge < -0.3 is 143 Å². The van der Waals surface area contributed by atoms with Crippen molar-refractivity contribution in [1.29, 1.82) is 10.8 Å². The number of aliphatic hydroxyl groups is 2. The van der Waals surface area contributed by atoms with Gasteiger partial charge >= 0.3 is 11.9 Å². The number of carboxylic acids is 2. The van der Waals surface area contributed by atoms with Crippen molar-refractivity contribution in [1.82, 2.24) is 100 Å². The summed E-state index contributed by atoms with van der Waals surface area (Å²) < 4.78 is 0. The minimum atomic E-state index is -2.04. The number of phenols is 1. The summed E-state index contributed by atoms with van der Waals surface area (Å²) in [5.41, 5.74) is 18.9. The molecule has 0 radical (unpaired) electrons.